The molecule has 0 saturated carbocycles. The Morgan fingerprint density at radius 3 is 1.33 bits per heavy atom. The number of pyridine rings is 2. The summed E-state index contributed by atoms with van der Waals surface area (Å²) in [6, 6.07) is 20.8. The molecule has 9 atom stereocenters. The summed E-state index contributed by atoms with van der Waals surface area (Å²) in [5.41, 5.74) is 12.9. The van der Waals surface area contributed by atoms with Crippen LogP contribution in [0.15, 0.2) is 85.5 Å². The number of hydrogen-bond acceptors (Lipinski definition) is 13. The Labute approximate surface area is 488 Å². The summed E-state index contributed by atoms with van der Waals surface area (Å²) in [5.74, 6) is 2.33. The Hall–Kier alpha value is -5.14. The second-order valence-electron chi connectivity index (χ2n) is 22.7. The lowest BCUT2D eigenvalue weighted by Gasteiger charge is -2.39. The molecule has 9 heterocycles. The van der Waals surface area contributed by atoms with Crippen LogP contribution in [0, 0.1) is 17.8 Å². The maximum atomic E-state index is 12.3. The van der Waals surface area contributed by atoms with Crippen molar-refractivity contribution in [1.29, 1.82) is 0 Å². The molecule has 0 spiro atoms. The van der Waals surface area contributed by atoms with Gasteiger partial charge in [-0.2, -0.15) is 0 Å². The number of nitrogens with one attached hydrogen (secondary N) is 2. The maximum Gasteiger partial charge on any atom is 0.239 e. The Kier molecular flexibility index (Phi) is 19.4. The van der Waals surface area contributed by atoms with Crippen molar-refractivity contribution in [3.05, 3.63) is 101 Å². The van der Waals surface area contributed by atoms with Gasteiger partial charge in [-0.05, 0) is 117 Å². The minimum atomic E-state index is -0.0566. The Bertz CT molecular complexity index is 2960. The van der Waals surface area contributed by atoms with Crippen molar-refractivity contribution in [2.24, 2.45) is 23.5 Å². The number of benzene rings is 3. The number of rotatable bonds is 7. The van der Waals surface area contributed by atoms with Crippen molar-refractivity contribution >= 4 is 118 Å². The quantitative estimate of drug-likeness (QED) is 0.130. The lowest BCUT2D eigenvalue weighted by molar-refractivity contribution is -0.129. The van der Waals surface area contributed by atoms with Crippen LogP contribution in [0.25, 0.3) is 32.8 Å². The number of nitrogens with zero attached hydrogens (tertiary/aromatic N) is 10. The number of carbonyl (C=O) groups is 3. The molecule has 20 heteroatoms. The van der Waals surface area contributed by atoms with Gasteiger partial charge in [0, 0.05) is 145 Å². The third kappa shape index (κ3) is 14.0. The van der Waals surface area contributed by atoms with Crippen LogP contribution < -0.4 is 31.1 Å². The van der Waals surface area contributed by atoms with Gasteiger partial charge in [-0.3, -0.25) is 34.3 Å². The van der Waals surface area contributed by atoms with Gasteiger partial charge in [0.25, 0.3) is 0 Å². The average Bonchev–Trinajstić information content (AvgIpc) is 4.10. The molecular formula is C59H75BrCl3N13O3. The Balaban J connectivity index is 0.000000135. The molecule has 3 amide bonds. The molecule has 422 valence electrons. The molecule has 12 rings (SSSR count). The van der Waals surface area contributed by atoms with E-state index in [9.17, 15) is 14.4 Å². The summed E-state index contributed by atoms with van der Waals surface area (Å²) in [5, 5.41) is 11.4. The highest BCUT2D eigenvalue weighted by molar-refractivity contribution is 9.10. The molecule has 3 aromatic heterocycles. The van der Waals surface area contributed by atoms with Gasteiger partial charge in [0.1, 0.15) is 11.0 Å². The number of halogens is 4. The van der Waals surface area contributed by atoms with Crippen LogP contribution in [0.3, 0.4) is 0 Å². The van der Waals surface area contributed by atoms with Crippen molar-refractivity contribution in [3.8, 4) is 0 Å². The summed E-state index contributed by atoms with van der Waals surface area (Å²) < 4.78 is 0. The first-order valence-electron chi connectivity index (χ1n) is 27.8. The van der Waals surface area contributed by atoms with E-state index in [1.165, 1.54) is 11.4 Å². The highest BCUT2D eigenvalue weighted by atomic mass is 79.9. The number of hydrogen-bond donors (Lipinski definition) is 3. The molecule has 3 aromatic carbocycles. The van der Waals surface area contributed by atoms with Gasteiger partial charge < -0.3 is 45.8 Å². The minimum absolute atomic E-state index is 0.0409. The number of carbonyl (C=O) groups excluding carboxylic acids is 3. The lowest BCUT2D eigenvalue weighted by atomic mass is 9.94. The molecule has 16 nitrogen and oxygen atoms in total. The molecule has 6 aliphatic rings. The Morgan fingerprint density at radius 1 is 0.494 bits per heavy atom. The van der Waals surface area contributed by atoms with E-state index in [-0.39, 0.29) is 46.7 Å². The van der Waals surface area contributed by atoms with Crippen LogP contribution in [0.4, 0.5) is 17.1 Å². The average molecular weight is 1200 g/mol. The summed E-state index contributed by atoms with van der Waals surface area (Å²) in [6.07, 6.45) is 12.9. The maximum absolute atomic E-state index is 12.3. The molecule has 0 bridgehead atoms. The zero-order valence-electron chi connectivity index (χ0n) is 46.2. The highest BCUT2D eigenvalue weighted by Gasteiger charge is 2.36. The predicted octanol–water partition coefficient (Wildman–Crippen LogP) is 8.92. The van der Waals surface area contributed by atoms with E-state index in [1.54, 1.807) is 29.7 Å². The molecule has 6 aliphatic heterocycles. The summed E-state index contributed by atoms with van der Waals surface area (Å²) in [7, 11) is 5.58. The van der Waals surface area contributed by atoms with Crippen LogP contribution in [0.5, 0.6) is 0 Å². The summed E-state index contributed by atoms with van der Waals surface area (Å²) in [4.78, 5) is 65.6. The van der Waals surface area contributed by atoms with Crippen LogP contribution in [-0.4, -0.2) is 167 Å². The lowest BCUT2D eigenvalue weighted by Crippen LogP contribution is -2.53. The highest BCUT2D eigenvalue weighted by Crippen LogP contribution is 2.36. The molecule has 6 fully saturated rings. The zero-order valence-corrected chi connectivity index (χ0v) is 50.0. The molecule has 4 N–H and O–H groups in total. The third-order valence-electron chi connectivity index (χ3n) is 16.1. The Morgan fingerprint density at radius 2 is 0.899 bits per heavy atom. The zero-order chi connectivity index (χ0) is 56.1. The van der Waals surface area contributed by atoms with Crippen LogP contribution in [0.1, 0.15) is 59.3 Å². The number of alkyl halides is 1. The molecule has 3 unspecified atom stereocenters. The summed E-state index contributed by atoms with van der Waals surface area (Å²) in [6.45, 7) is 15.0. The second kappa shape index (κ2) is 26.2. The monoisotopic (exact) mass is 1200 g/mol. The third-order valence-corrected chi connectivity index (χ3v) is 17.8. The van der Waals surface area contributed by atoms with Crippen molar-refractivity contribution < 1.29 is 14.4 Å². The topological polar surface area (TPSA) is 172 Å². The van der Waals surface area contributed by atoms with Gasteiger partial charge in [0.05, 0.1) is 48.7 Å². The predicted molar refractivity (Wildman–Crippen MR) is 325 cm³/mol. The summed E-state index contributed by atoms with van der Waals surface area (Å²) >= 11 is 22.1. The van der Waals surface area contributed by atoms with Crippen molar-refractivity contribution in [3.63, 3.8) is 0 Å². The molecular weight excluding hydrogens is 1120 g/mol. The number of anilines is 3. The molecule has 0 radical (unpaired) electrons. The smallest absolute Gasteiger partial charge is 0.239 e. The standard InChI is InChI=1S/C20H25ClN4O.C19H24ClN5O.C15H18ClN3.C5H8BrNO/c1-13-10-14(23-17-7-9-24(2)20(17)26)12-25(11-13)18-6-5-16(21)19-15(18)4-3-8-22-19;1-12-9-13(23-15-5-8-24(2)19(15)26)11-25(10-12)16-4-3-14(20)17-18(16)22-7-6-21-17;1-10-7-11(17)9-19(8-10)14-5-4-13(16)15-12(14)3-2-6-18-15;1-7-3-2-4(6)5(7)8/h3-6,8,13-14,17,23H,7,9-12H2,1-2H3;3-4,6-7,12-13,15,23H,5,8-11H2,1-2H3;2-6,10-11H,7-9,17H2,1H3;4H,2-3H2,1H3/t13-,14+,17?;12-,13+,15?;10-,11+;/m000./s1. The number of piperidine rings is 3. The van der Waals surface area contributed by atoms with Crippen LogP contribution in [0.2, 0.25) is 15.1 Å². The van der Waals surface area contributed by atoms with Crippen LogP contribution >= 0.6 is 50.7 Å². The van der Waals surface area contributed by atoms with Crippen molar-refractivity contribution in [1.82, 2.24) is 45.3 Å². The van der Waals surface area contributed by atoms with Gasteiger partial charge in [-0.25, -0.2) is 0 Å². The van der Waals surface area contributed by atoms with E-state index in [1.807, 2.05) is 67.3 Å². The fourth-order valence-corrected chi connectivity index (χ4v) is 13.5. The van der Waals surface area contributed by atoms with Crippen LogP contribution in [-0.2, 0) is 14.4 Å². The number of nitrogens with two attached hydrogens (primary N) is 1. The second-order valence-corrected chi connectivity index (χ2v) is 25.0. The SMILES string of the molecule is CN1CCC(Br)C1=O.C[C@H]1C[C@@H](N)CN(c2ccc(Cl)c3ncccc23)C1.C[C@H]1C[C@@H](NC2CCN(C)C2=O)CN(c2ccc(Cl)c3ncccc23)C1.C[C@H]1C[C@@H](NC2CCN(C)C2=O)CN(c2ccc(Cl)c3nccnc23)C1. The van der Waals surface area contributed by atoms with Gasteiger partial charge in [0.15, 0.2) is 0 Å². The first-order chi connectivity index (χ1) is 37.9. The van der Waals surface area contributed by atoms with Gasteiger partial charge in [-0.15, -0.1) is 0 Å². The van der Waals surface area contributed by atoms with Crippen molar-refractivity contribution in [2.75, 3.05) is 94.7 Å². The normalized spacial score (nSPS) is 26.3. The van der Waals surface area contributed by atoms with E-state index in [0.29, 0.717) is 38.9 Å². The molecule has 6 aromatic rings. The van der Waals surface area contributed by atoms with E-state index < -0.39 is 0 Å². The first-order valence-corrected chi connectivity index (χ1v) is 29.8. The first kappa shape index (κ1) is 58.5. The van der Waals surface area contributed by atoms with E-state index in [4.69, 9.17) is 40.5 Å². The largest absolute Gasteiger partial charge is 0.369 e. The minimum Gasteiger partial charge on any atom is -0.369 e. The number of fused-ring (bicyclic) bond motifs is 3. The molecule has 6 saturated heterocycles. The van der Waals surface area contributed by atoms with E-state index in [0.717, 1.165) is 136 Å². The van der Waals surface area contributed by atoms with E-state index >= 15 is 0 Å². The number of aromatic nitrogens is 4. The number of likely N-dealkylation sites (tertiary alicyclic amines) is 3. The van der Waals surface area contributed by atoms with E-state index in [2.05, 4.69) is 106 Å². The fourth-order valence-electron chi connectivity index (χ4n) is 12.3. The molecule has 79 heavy (non-hydrogen) atoms. The van der Waals surface area contributed by atoms with Gasteiger partial charge in [-0.1, -0.05) is 71.5 Å². The van der Waals surface area contributed by atoms with Crippen molar-refractivity contribution in [2.45, 2.75) is 94.3 Å². The number of amides is 3. The number of likely N-dealkylation sites (N-methyl/N-ethyl adjacent to an activating group) is 2. The fraction of sp³-hybridized carbons (Fsp3) is 0.508. The molecule has 0 aliphatic carbocycles. The van der Waals surface area contributed by atoms with Gasteiger partial charge >= 0.3 is 0 Å². The van der Waals surface area contributed by atoms with Gasteiger partial charge in [0.2, 0.25) is 17.7 Å².